The van der Waals surface area contributed by atoms with Gasteiger partial charge in [-0.2, -0.15) is 0 Å². The molecule has 1 heterocycles. The molecule has 0 radical (unpaired) electrons. The second-order valence-electron chi connectivity index (χ2n) is 4.08. The normalized spacial score (nSPS) is 19.4. The number of likely N-dealkylation sites (tertiary alicyclic amines) is 1. The third-order valence-corrected chi connectivity index (χ3v) is 3.59. The highest BCUT2D eigenvalue weighted by molar-refractivity contribution is 9.10. The maximum atomic E-state index is 13.6. The van der Waals surface area contributed by atoms with Crippen molar-refractivity contribution in [3.05, 3.63) is 34.1 Å². The summed E-state index contributed by atoms with van der Waals surface area (Å²) in [6, 6.07) is 5.35. The van der Waals surface area contributed by atoms with E-state index in [1.807, 2.05) is 6.07 Å². The van der Waals surface area contributed by atoms with Crippen LogP contribution in [0, 0.1) is 5.82 Å². The van der Waals surface area contributed by atoms with Gasteiger partial charge in [0.15, 0.2) is 0 Å². The topological polar surface area (TPSA) is 3.24 Å². The van der Waals surface area contributed by atoms with Crippen molar-refractivity contribution < 1.29 is 4.39 Å². The molecule has 0 N–H and O–H groups in total. The quantitative estimate of drug-likeness (QED) is 0.792. The van der Waals surface area contributed by atoms with Crippen LogP contribution in [0.25, 0.3) is 0 Å². The smallest absolute Gasteiger partial charge is 0.128 e. The lowest BCUT2D eigenvalue weighted by Crippen LogP contribution is -2.24. The Hall–Kier alpha value is -0.410. The van der Waals surface area contributed by atoms with E-state index in [1.54, 1.807) is 6.07 Å². The molecule has 0 aromatic heterocycles. The highest BCUT2D eigenvalue weighted by Crippen LogP contribution is 2.28. The van der Waals surface area contributed by atoms with Gasteiger partial charge in [0, 0.05) is 16.1 Å². The zero-order valence-electron chi connectivity index (χ0n) is 8.84. The molecule has 1 aliphatic rings. The summed E-state index contributed by atoms with van der Waals surface area (Å²) in [5.74, 6) is -0.0994. The van der Waals surface area contributed by atoms with E-state index in [0.29, 0.717) is 0 Å². The second-order valence-corrected chi connectivity index (χ2v) is 5.00. The standard InChI is InChI=1S/C12H15BrFN/c1-9(15-6-2-3-7-15)11-8-10(13)4-5-12(11)14/h4-5,8-9H,2-3,6-7H2,1H3. The molecule has 0 amide bonds. The largest absolute Gasteiger partial charge is 0.297 e. The molecule has 0 spiro atoms. The van der Waals surface area contributed by atoms with Gasteiger partial charge in [0.05, 0.1) is 0 Å². The summed E-state index contributed by atoms with van der Waals surface area (Å²) in [4.78, 5) is 2.34. The molecule has 1 nitrogen and oxygen atoms in total. The molecule has 1 aromatic carbocycles. The number of benzene rings is 1. The van der Waals surface area contributed by atoms with Crippen LogP contribution in [0.2, 0.25) is 0 Å². The summed E-state index contributed by atoms with van der Waals surface area (Å²) in [5, 5.41) is 0. The van der Waals surface area contributed by atoms with E-state index >= 15 is 0 Å². The van der Waals surface area contributed by atoms with Crippen molar-refractivity contribution in [3.8, 4) is 0 Å². The summed E-state index contributed by atoms with van der Waals surface area (Å²) in [7, 11) is 0. The van der Waals surface area contributed by atoms with Crippen LogP contribution in [-0.2, 0) is 0 Å². The second kappa shape index (κ2) is 4.62. The van der Waals surface area contributed by atoms with Crippen LogP contribution in [0.15, 0.2) is 22.7 Å². The van der Waals surface area contributed by atoms with Crippen LogP contribution in [0.3, 0.4) is 0 Å². The van der Waals surface area contributed by atoms with E-state index < -0.39 is 0 Å². The zero-order chi connectivity index (χ0) is 10.8. The van der Waals surface area contributed by atoms with Crippen molar-refractivity contribution in [1.82, 2.24) is 4.90 Å². The first-order valence-electron chi connectivity index (χ1n) is 5.37. The summed E-state index contributed by atoms with van der Waals surface area (Å²) in [6.45, 7) is 4.26. The van der Waals surface area contributed by atoms with Crippen molar-refractivity contribution in [2.75, 3.05) is 13.1 Å². The van der Waals surface area contributed by atoms with Crippen molar-refractivity contribution in [2.24, 2.45) is 0 Å². The molecular formula is C12H15BrFN. The van der Waals surface area contributed by atoms with Gasteiger partial charge >= 0.3 is 0 Å². The monoisotopic (exact) mass is 271 g/mol. The predicted molar refractivity (Wildman–Crippen MR) is 63.3 cm³/mol. The molecule has 2 rings (SSSR count). The Kier molecular flexibility index (Phi) is 3.42. The van der Waals surface area contributed by atoms with E-state index in [1.165, 1.54) is 18.9 Å². The van der Waals surface area contributed by atoms with Gasteiger partial charge in [0.2, 0.25) is 0 Å². The summed E-state index contributed by atoms with van der Waals surface area (Å²) in [6.07, 6.45) is 2.47. The van der Waals surface area contributed by atoms with Gasteiger partial charge in [0.25, 0.3) is 0 Å². The van der Waals surface area contributed by atoms with Crippen molar-refractivity contribution in [1.29, 1.82) is 0 Å². The highest BCUT2D eigenvalue weighted by Gasteiger charge is 2.21. The molecule has 1 saturated heterocycles. The van der Waals surface area contributed by atoms with Crippen LogP contribution < -0.4 is 0 Å². The van der Waals surface area contributed by atoms with Crippen LogP contribution in [0.1, 0.15) is 31.4 Å². The highest BCUT2D eigenvalue weighted by atomic mass is 79.9. The lowest BCUT2D eigenvalue weighted by atomic mass is 10.1. The molecule has 82 valence electrons. The number of hydrogen-bond donors (Lipinski definition) is 0. The number of nitrogens with zero attached hydrogens (tertiary/aromatic N) is 1. The van der Waals surface area contributed by atoms with E-state index in [2.05, 4.69) is 27.8 Å². The minimum absolute atomic E-state index is 0.0994. The number of hydrogen-bond acceptors (Lipinski definition) is 1. The summed E-state index contributed by atoms with van der Waals surface area (Å²) in [5.41, 5.74) is 0.797. The minimum Gasteiger partial charge on any atom is -0.297 e. The van der Waals surface area contributed by atoms with E-state index in [4.69, 9.17) is 0 Å². The molecule has 0 aliphatic carbocycles. The Morgan fingerprint density at radius 1 is 1.33 bits per heavy atom. The first-order valence-corrected chi connectivity index (χ1v) is 6.17. The van der Waals surface area contributed by atoms with Crippen LogP contribution >= 0.6 is 15.9 Å². The van der Waals surface area contributed by atoms with Gasteiger partial charge in [-0.1, -0.05) is 15.9 Å². The Morgan fingerprint density at radius 2 is 2.00 bits per heavy atom. The van der Waals surface area contributed by atoms with Crippen LogP contribution in [-0.4, -0.2) is 18.0 Å². The fourth-order valence-corrected chi connectivity index (χ4v) is 2.54. The van der Waals surface area contributed by atoms with E-state index in [0.717, 1.165) is 23.1 Å². The third-order valence-electron chi connectivity index (χ3n) is 3.10. The van der Waals surface area contributed by atoms with Gasteiger partial charge in [0.1, 0.15) is 5.82 Å². The maximum Gasteiger partial charge on any atom is 0.128 e. The summed E-state index contributed by atoms with van der Waals surface area (Å²) < 4.78 is 14.6. The molecule has 1 aromatic rings. The Morgan fingerprint density at radius 3 is 2.67 bits per heavy atom. The average Bonchev–Trinajstić information content (AvgIpc) is 2.74. The fraction of sp³-hybridized carbons (Fsp3) is 0.500. The van der Waals surface area contributed by atoms with Gasteiger partial charge in [-0.3, -0.25) is 4.90 Å². The van der Waals surface area contributed by atoms with Gasteiger partial charge in [-0.05, 0) is 51.1 Å². The molecule has 1 atom stereocenters. The van der Waals surface area contributed by atoms with Gasteiger partial charge in [-0.15, -0.1) is 0 Å². The molecule has 0 saturated carbocycles. The SMILES string of the molecule is CC(c1cc(Br)ccc1F)N1CCCC1. The van der Waals surface area contributed by atoms with Crippen molar-refractivity contribution in [3.63, 3.8) is 0 Å². The minimum atomic E-state index is -0.0994. The van der Waals surface area contributed by atoms with E-state index in [9.17, 15) is 4.39 Å². The fourth-order valence-electron chi connectivity index (χ4n) is 2.16. The summed E-state index contributed by atoms with van der Waals surface area (Å²) >= 11 is 3.39. The average molecular weight is 272 g/mol. The lowest BCUT2D eigenvalue weighted by Gasteiger charge is -2.24. The number of halogens is 2. The third kappa shape index (κ3) is 2.40. The first-order chi connectivity index (χ1) is 7.18. The van der Waals surface area contributed by atoms with Crippen LogP contribution in [0.5, 0.6) is 0 Å². The van der Waals surface area contributed by atoms with Crippen molar-refractivity contribution in [2.45, 2.75) is 25.8 Å². The lowest BCUT2D eigenvalue weighted by molar-refractivity contribution is 0.257. The molecular weight excluding hydrogens is 257 g/mol. The maximum absolute atomic E-state index is 13.6. The van der Waals surface area contributed by atoms with Gasteiger partial charge < -0.3 is 0 Å². The zero-order valence-corrected chi connectivity index (χ0v) is 10.4. The Balaban J connectivity index is 2.23. The first kappa shape index (κ1) is 11.1. The Labute approximate surface area is 98.4 Å². The molecule has 0 bridgehead atoms. The van der Waals surface area contributed by atoms with Crippen LogP contribution in [0.4, 0.5) is 4.39 Å². The molecule has 1 fully saturated rings. The Bertz CT molecular complexity index is 347. The molecule has 15 heavy (non-hydrogen) atoms. The molecule has 3 heteroatoms. The predicted octanol–water partition coefficient (Wildman–Crippen LogP) is 3.75. The molecule has 1 unspecified atom stereocenters. The molecule has 1 aliphatic heterocycles. The number of rotatable bonds is 2. The van der Waals surface area contributed by atoms with Gasteiger partial charge in [-0.25, -0.2) is 4.39 Å². The van der Waals surface area contributed by atoms with E-state index in [-0.39, 0.29) is 11.9 Å². The van der Waals surface area contributed by atoms with Crippen molar-refractivity contribution >= 4 is 15.9 Å².